The Morgan fingerprint density at radius 1 is 1.40 bits per heavy atom. The van der Waals surface area contributed by atoms with Gasteiger partial charge in [-0.15, -0.1) is 0 Å². The third-order valence-electron chi connectivity index (χ3n) is 5.47. The summed E-state index contributed by atoms with van der Waals surface area (Å²) in [6, 6.07) is 11.9. The van der Waals surface area contributed by atoms with E-state index in [4.69, 9.17) is 4.84 Å². The fourth-order valence-corrected chi connectivity index (χ4v) is 4.19. The van der Waals surface area contributed by atoms with Crippen molar-refractivity contribution in [1.29, 1.82) is 5.26 Å². The summed E-state index contributed by atoms with van der Waals surface area (Å²) in [5.41, 5.74) is 2.09. The average molecular weight is 338 g/mol. The van der Waals surface area contributed by atoms with Crippen LogP contribution in [0.4, 0.5) is 0 Å². The van der Waals surface area contributed by atoms with E-state index in [0.717, 1.165) is 37.0 Å². The van der Waals surface area contributed by atoms with Gasteiger partial charge in [-0.2, -0.15) is 5.26 Å². The van der Waals surface area contributed by atoms with E-state index >= 15 is 0 Å². The van der Waals surface area contributed by atoms with Crippen LogP contribution in [0.2, 0.25) is 0 Å². The first-order chi connectivity index (χ1) is 12.3. The van der Waals surface area contributed by atoms with E-state index in [0.29, 0.717) is 13.2 Å². The molecule has 1 N–H and O–H groups in total. The van der Waals surface area contributed by atoms with Crippen LogP contribution in [0, 0.1) is 17.2 Å². The summed E-state index contributed by atoms with van der Waals surface area (Å²) < 4.78 is 0. The van der Waals surface area contributed by atoms with Gasteiger partial charge in [0.25, 0.3) is 0 Å². The number of piperidine rings is 1. The minimum atomic E-state index is -0.254. The first-order valence-corrected chi connectivity index (χ1v) is 8.95. The number of nitriles is 1. The van der Waals surface area contributed by atoms with Gasteiger partial charge >= 0.3 is 0 Å². The van der Waals surface area contributed by atoms with Crippen molar-refractivity contribution in [2.45, 2.75) is 50.4 Å². The fourth-order valence-electron chi connectivity index (χ4n) is 4.19. The van der Waals surface area contributed by atoms with Crippen molar-refractivity contribution in [2.75, 3.05) is 6.54 Å². The first-order valence-electron chi connectivity index (χ1n) is 8.95. The number of carbonyl (C=O) groups is 1. The van der Waals surface area contributed by atoms with E-state index in [1.807, 2.05) is 30.3 Å². The Morgan fingerprint density at radius 3 is 2.96 bits per heavy atom. The molecule has 1 aliphatic carbocycles. The van der Waals surface area contributed by atoms with Gasteiger partial charge in [0.15, 0.2) is 0 Å². The van der Waals surface area contributed by atoms with Crippen LogP contribution >= 0.6 is 0 Å². The van der Waals surface area contributed by atoms with Crippen LogP contribution in [0.3, 0.4) is 0 Å². The Balaban J connectivity index is 1.33. The quantitative estimate of drug-likeness (QED) is 0.850. The van der Waals surface area contributed by atoms with Crippen LogP contribution in [0.1, 0.15) is 31.2 Å². The second kappa shape index (κ2) is 6.85. The molecule has 1 aromatic rings. The van der Waals surface area contributed by atoms with Crippen LogP contribution in [-0.4, -0.2) is 41.2 Å². The summed E-state index contributed by atoms with van der Waals surface area (Å²) in [4.78, 5) is 20.0. The van der Waals surface area contributed by atoms with Gasteiger partial charge < -0.3 is 9.74 Å². The molecular formula is C19H22N4O2. The van der Waals surface area contributed by atoms with Crippen LogP contribution in [-0.2, 0) is 16.2 Å². The van der Waals surface area contributed by atoms with Gasteiger partial charge in [0, 0.05) is 12.6 Å². The molecular weight excluding hydrogens is 316 g/mol. The highest BCUT2D eigenvalue weighted by Gasteiger charge is 2.49. The molecule has 0 unspecified atom stereocenters. The van der Waals surface area contributed by atoms with Crippen molar-refractivity contribution in [1.82, 2.24) is 10.2 Å². The maximum Gasteiger partial charge on any atom is 0.241 e. The molecule has 0 spiro atoms. The second-order valence-electron chi connectivity index (χ2n) is 7.06. The summed E-state index contributed by atoms with van der Waals surface area (Å²) in [6.07, 6.45) is 3.44. The highest BCUT2D eigenvalue weighted by atomic mass is 16.6. The summed E-state index contributed by atoms with van der Waals surface area (Å²) in [5, 5.41) is 16.9. The number of benzene rings is 1. The van der Waals surface area contributed by atoms with Crippen molar-refractivity contribution < 1.29 is 9.63 Å². The molecule has 1 aromatic carbocycles. The average Bonchev–Trinajstić information content (AvgIpc) is 3.37. The Bertz CT molecular complexity index is 712. The largest absolute Gasteiger partial charge is 0.391 e. The lowest BCUT2D eigenvalue weighted by Crippen LogP contribution is -2.52. The number of fused-ring (bicyclic) bond motifs is 2. The molecule has 130 valence electrons. The number of nitrogens with zero attached hydrogens (tertiary/aromatic N) is 3. The van der Waals surface area contributed by atoms with E-state index < -0.39 is 0 Å². The third kappa shape index (κ3) is 3.12. The Hall–Kier alpha value is -2.39. The topological polar surface area (TPSA) is 77.7 Å². The predicted octanol–water partition coefficient (Wildman–Crippen LogP) is 1.82. The summed E-state index contributed by atoms with van der Waals surface area (Å²) in [5.74, 6) is 0.345. The highest BCUT2D eigenvalue weighted by molar-refractivity contribution is 5.96. The highest BCUT2D eigenvalue weighted by Crippen LogP contribution is 2.35. The van der Waals surface area contributed by atoms with Gasteiger partial charge in [0.2, 0.25) is 5.91 Å². The summed E-state index contributed by atoms with van der Waals surface area (Å²) in [7, 11) is 0. The predicted molar refractivity (Wildman–Crippen MR) is 92.4 cm³/mol. The number of rotatable bonds is 4. The molecule has 3 aliphatic rings. The zero-order valence-electron chi connectivity index (χ0n) is 14.1. The minimum Gasteiger partial charge on any atom is -0.391 e. The van der Waals surface area contributed by atoms with E-state index in [9.17, 15) is 10.1 Å². The number of hydrogen-bond acceptors (Lipinski definition) is 5. The van der Waals surface area contributed by atoms with E-state index in [2.05, 4.69) is 16.5 Å². The van der Waals surface area contributed by atoms with Gasteiger partial charge in [-0.05, 0) is 37.2 Å². The molecule has 2 bridgehead atoms. The molecule has 3 fully saturated rings. The van der Waals surface area contributed by atoms with Gasteiger partial charge in [-0.1, -0.05) is 35.5 Å². The van der Waals surface area contributed by atoms with Gasteiger partial charge in [0.1, 0.15) is 12.6 Å². The van der Waals surface area contributed by atoms with Crippen LogP contribution in [0.15, 0.2) is 35.5 Å². The molecule has 2 aliphatic heterocycles. The Kier molecular flexibility index (Phi) is 4.41. The van der Waals surface area contributed by atoms with Crippen LogP contribution in [0.25, 0.3) is 0 Å². The molecule has 2 heterocycles. The number of likely N-dealkylation sites (tertiary alicyclic amines) is 1. The van der Waals surface area contributed by atoms with Crippen molar-refractivity contribution in [3.63, 3.8) is 0 Å². The molecule has 4 rings (SSSR count). The molecule has 6 nitrogen and oxygen atoms in total. The Labute approximate surface area is 147 Å². The lowest BCUT2D eigenvalue weighted by molar-refractivity contribution is -0.134. The number of nitrogens with one attached hydrogen (secondary N) is 1. The smallest absolute Gasteiger partial charge is 0.241 e. The molecule has 25 heavy (non-hydrogen) atoms. The van der Waals surface area contributed by atoms with Gasteiger partial charge in [-0.3, -0.25) is 10.1 Å². The zero-order chi connectivity index (χ0) is 17.2. The molecule has 0 aromatic heterocycles. The number of hydrogen-bond donors (Lipinski definition) is 1. The monoisotopic (exact) mass is 338 g/mol. The SMILES string of the molecule is N#C[C@@H]1CCCN1C(=O)[C@H]1N[C@@H]2C[C@H]1C/C2=N\OCc1ccccc1. The second-order valence-corrected chi connectivity index (χ2v) is 7.06. The van der Waals surface area contributed by atoms with Crippen molar-refractivity contribution in [3.8, 4) is 6.07 Å². The lowest BCUT2D eigenvalue weighted by Gasteiger charge is -2.29. The number of oxime groups is 1. The van der Waals surface area contributed by atoms with E-state index in [1.54, 1.807) is 4.90 Å². The maximum atomic E-state index is 12.8. The summed E-state index contributed by atoms with van der Waals surface area (Å²) in [6.45, 7) is 1.16. The standard InChI is InChI=1S/C19H22N4O2/c20-11-15-7-4-8-23(15)19(24)18-14-9-16(21-18)17(10-14)22-25-12-13-5-2-1-3-6-13/h1-3,5-6,14-16,18,21H,4,7-10,12H2/b22-17+/t14-,15-,16+,18-/m0/s1. The normalized spacial score (nSPS) is 32.1. The van der Waals surface area contributed by atoms with Crippen LogP contribution in [0.5, 0.6) is 0 Å². The molecule has 4 atom stereocenters. The van der Waals surface area contributed by atoms with Crippen LogP contribution < -0.4 is 5.32 Å². The lowest BCUT2D eigenvalue weighted by atomic mass is 9.98. The molecule has 2 saturated heterocycles. The molecule has 1 amide bonds. The van der Waals surface area contributed by atoms with E-state index in [-0.39, 0.29) is 30.0 Å². The maximum absolute atomic E-state index is 12.8. The van der Waals surface area contributed by atoms with Crippen molar-refractivity contribution >= 4 is 11.6 Å². The van der Waals surface area contributed by atoms with E-state index in [1.165, 1.54) is 0 Å². The van der Waals surface area contributed by atoms with Crippen molar-refractivity contribution in [2.24, 2.45) is 11.1 Å². The molecule has 6 heteroatoms. The molecule has 1 saturated carbocycles. The van der Waals surface area contributed by atoms with Gasteiger partial charge in [-0.25, -0.2) is 0 Å². The minimum absolute atomic E-state index is 0.0841. The fraction of sp³-hybridized carbons (Fsp3) is 0.526. The number of amides is 1. The first kappa shape index (κ1) is 16.1. The zero-order valence-corrected chi connectivity index (χ0v) is 14.1. The molecule has 0 radical (unpaired) electrons. The summed E-state index contributed by atoms with van der Waals surface area (Å²) >= 11 is 0. The Morgan fingerprint density at radius 2 is 2.24 bits per heavy atom. The van der Waals surface area contributed by atoms with Gasteiger partial charge in [0.05, 0.1) is 17.8 Å². The number of carbonyl (C=O) groups excluding carboxylic acids is 1. The third-order valence-corrected chi connectivity index (χ3v) is 5.47. The van der Waals surface area contributed by atoms with Crippen molar-refractivity contribution in [3.05, 3.63) is 35.9 Å².